The number of rotatable bonds is 3. The Kier molecular flexibility index (Phi) is 4.56. The number of aromatic nitrogens is 1. The molecule has 6 heteroatoms. The van der Waals surface area contributed by atoms with Gasteiger partial charge in [0, 0.05) is 15.8 Å². The van der Waals surface area contributed by atoms with Crippen LogP contribution in [0.4, 0.5) is 0 Å². The number of nitrogens with one attached hydrogen (secondary N) is 1. The predicted molar refractivity (Wildman–Crippen MR) is 112 cm³/mol. The molecule has 4 aromatic rings. The minimum absolute atomic E-state index is 0.184. The van der Waals surface area contributed by atoms with E-state index in [1.165, 1.54) is 11.3 Å². The highest BCUT2D eigenvalue weighted by Crippen LogP contribution is 2.41. The SMILES string of the molecule is COc1ccc2c(-c3cccc(C#N)c3)c(-c3cccs3)c(=O)[nH]c2c1Br. The third kappa shape index (κ3) is 2.95. The van der Waals surface area contributed by atoms with Gasteiger partial charge in [0.2, 0.25) is 0 Å². The first-order valence-corrected chi connectivity index (χ1v) is 9.78. The lowest BCUT2D eigenvalue weighted by Gasteiger charge is -2.14. The Bertz CT molecular complexity index is 1250. The number of halogens is 1. The van der Waals surface area contributed by atoms with Gasteiger partial charge in [-0.1, -0.05) is 18.2 Å². The van der Waals surface area contributed by atoms with Crippen LogP contribution in [0.15, 0.2) is 63.2 Å². The fourth-order valence-corrected chi connectivity index (χ4v) is 4.55. The lowest BCUT2D eigenvalue weighted by Crippen LogP contribution is -2.11. The number of hydrogen-bond donors (Lipinski definition) is 1. The molecule has 0 aliphatic carbocycles. The molecular formula is C21H13BrN2O2S. The molecule has 4 rings (SSSR count). The van der Waals surface area contributed by atoms with Gasteiger partial charge in [-0.15, -0.1) is 11.3 Å². The average molecular weight is 437 g/mol. The Morgan fingerprint density at radius 2 is 2.00 bits per heavy atom. The van der Waals surface area contributed by atoms with Crippen LogP contribution in [0.25, 0.3) is 32.5 Å². The summed E-state index contributed by atoms with van der Waals surface area (Å²) in [5.41, 5.74) is 3.26. The Morgan fingerprint density at radius 1 is 1.15 bits per heavy atom. The Morgan fingerprint density at radius 3 is 2.70 bits per heavy atom. The lowest BCUT2D eigenvalue weighted by atomic mass is 9.94. The van der Waals surface area contributed by atoms with Gasteiger partial charge in [0.25, 0.3) is 5.56 Å². The molecule has 132 valence electrons. The smallest absolute Gasteiger partial charge is 0.257 e. The molecule has 2 heterocycles. The Labute approximate surface area is 167 Å². The van der Waals surface area contributed by atoms with Gasteiger partial charge in [0.1, 0.15) is 5.75 Å². The van der Waals surface area contributed by atoms with E-state index in [0.29, 0.717) is 26.9 Å². The van der Waals surface area contributed by atoms with Gasteiger partial charge in [-0.25, -0.2) is 0 Å². The van der Waals surface area contributed by atoms with Gasteiger partial charge >= 0.3 is 0 Å². The first-order chi connectivity index (χ1) is 13.1. The molecule has 2 aromatic carbocycles. The van der Waals surface area contributed by atoms with Gasteiger partial charge in [0.05, 0.1) is 34.3 Å². The van der Waals surface area contributed by atoms with Gasteiger partial charge in [0.15, 0.2) is 0 Å². The second kappa shape index (κ2) is 7.03. The third-order valence-electron chi connectivity index (χ3n) is 4.36. The number of benzene rings is 2. The summed E-state index contributed by atoms with van der Waals surface area (Å²) < 4.78 is 6.06. The van der Waals surface area contributed by atoms with Gasteiger partial charge < -0.3 is 9.72 Å². The van der Waals surface area contributed by atoms with Crippen molar-refractivity contribution in [2.45, 2.75) is 0 Å². The molecule has 0 aliphatic rings. The number of pyridine rings is 1. The molecule has 0 spiro atoms. The maximum Gasteiger partial charge on any atom is 0.257 e. The number of fused-ring (bicyclic) bond motifs is 1. The maximum atomic E-state index is 13.1. The van der Waals surface area contributed by atoms with E-state index in [-0.39, 0.29) is 5.56 Å². The van der Waals surface area contributed by atoms with E-state index in [1.807, 2.05) is 47.8 Å². The minimum Gasteiger partial charge on any atom is -0.495 e. The van der Waals surface area contributed by atoms with E-state index in [4.69, 9.17) is 4.74 Å². The van der Waals surface area contributed by atoms with Crippen LogP contribution < -0.4 is 10.3 Å². The summed E-state index contributed by atoms with van der Waals surface area (Å²) in [5.74, 6) is 0.638. The highest BCUT2D eigenvalue weighted by atomic mass is 79.9. The van der Waals surface area contributed by atoms with Crippen molar-refractivity contribution in [2.24, 2.45) is 0 Å². The number of hydrogen-bond acceptors (Lipinski definition) is 4. The van der Waals surface area contributed by atoms with Crippen molar-refractivity contribution in [1.29, 1.82) is 5.26 Å². The molecule has 0 saturated carbocycles. The third-order valence-corrected chi connectivity index (χ3v) is 6.03. The second-order valence-corrected chi connectivity index (χ2v) is 7.62. The van der Waals surface area contributed by atoms with E-state index in [9.17, 15) is 10.1 Å². The summed E-state index contributed by atoms with van der Waals surface area (Å²) in [6.45, 7) is 0. The molecule has 1 N–H and O–H groups in total. The summed E-state index contributed by atoms with van der Waals surface area (Å²) in [5, 5.41) is 12.1. The molecule has 0 atom stereocenters. The molecule has 4 nitrogen and oxygen atoms in total. The van der Waals surface area contributed by atoms with Crippen molar-refractivity contribution in [1.82, 2.24) is 4.98 Å². The monoisotopic (exact) mass is 436 g/mol. The fourth-order valence-electron chi connectivity index (χ4n) is 3.17. The van der Waals surface area contributed by atoms with E-state index in [2.05, 4.69) is 27.0 Å². The molecule has 0 amide bonds. The normalized spacial score (nSPS) is 10.7. The molecule has 0 saturated heterocycles. The van der Waals surface area contributed by atoms with Crippen molar-refractivity contribution in [3.05, 3.63) is 74.3 Å². The maximum absolute atomic E-state index is 13.1. The summed E-state index contributed by atoms with van der Waals surface area (Å²) in [6, 6.07) is 17.1. The van der Waals surface area contributed by atoms with Crippen LogP contribution in [0.5, 0.6) is 5.75 Å². The number of methoxy groups -OCH3 is 1. The van der Waals surface area contributed by atoms with Gasteiger partial charge in [-0.05, 0) is 57.2 Å². The Balaban J connectivity index is 2.18. The van der Waals surface area contributed by atoms with Gasteiger partial charge in [-0.3, -0.25) is 4.79 Å². The average Bonchev–Trinajstić information content (AvgIpc) is 3.22. The predicted octanol–water partition coefficient (Wildman–Crippen LogP) is 5.57. The van der Waals surface area contributed by atoms with Crippen LogP contribution in [-0.4, -0.2) is 12.1 Å². The van der Waals surface area contributed by atoms with Crippen LogP contribution in [0.1, 0.15) is 5.56 Å². The molecule has 0 fully saturated rings. The minimum atomic E-state index is -0.184. The molecular weight excluding hydrogens is 424 g/mol. The molecule has 27 heavy (non-hydrogen) atoms. The zero-order chi connectivity index (χ0) is 19.0. The van der Waals surface area contributed by atoms with E-state index >= 15 is 0 Å². The number of ether oxygens (including phenoxy) is 1. The summed E-state index contributed by atoms with van der Waals surface area (Å²) in [4.78, 5) is 16.9. The van der Waals surface area contributed by atoms with Crippen molar-refractivity contribution in [3.63, 3.8) is 0 Å². The first-order valence-electron chi connectivity index (χ1n) is 8.11. The van der Waals surface area contributed by atoms with E-state index in [0.717, 1.165) is 21.4 Å². The highest BCUT2D eigenvalue weighted by molar-refractivity contribution is 9.10. The van der Waals surface area contributed by atoms with Crippen molar-refractivity contribution >= 4 is 38.2 Å². The van der Waals surface area contributed by atoms with Gasteiger partial charge in [-0.2, -0.15) is 5.26 Å². The van der Waals surface area contributed by atoms with E-state index < -0.39 is 0 Å². The first kappa shape index (κ1) is 17.5. The quantitative estimate of drug-likeness (QED) is 0.456. The van der Waals surface area contributed by atoms with Crippen LogP contribution in [0.3, 0.4) is 0 Å². The zero-order valence-corrected chi connectivity index (χ0v) is 16.6. The summed E-state index contributed by atoms with van der Waals surface area (Å²) >= 11 is 5.05. The summed E-state index contributed by atoms with van der Waals surface area (Å²) in [7, 11) is 1.58. The number of aromatic amines is 1. The van der Waals surface area contributed by atoms with Crippen molar-refractivity contribution in [3.8, 4) is 33.4 Å². The fraction of sp³-hybridized carbons (Fsp3) is 0.0476. The number of nitriles is 1. The number of nitrogens with zero attached hydrogens (tertiary/aromatic N) is 1. The molecule has 2 aromatic heterocycles. The van der Waals surface area contributed by atoms with Crippen molar-refractivity contribution < 1.29 is 4.74 Å². The number of thiophene rings is 1. The van der Waals surface area contributed by atoms with Crippen LogP contribution in [0.2, 0.25) is 0 Å². The summed E-state index contributed by atoms with van der Waals surface area (Å²) in [6.07, 6.45) is 0. The zero-order valence-electron chi connectivity index (χ0n) is 14.2. The van der Waals surface area contributed by atoms with Crippen LogP contribution in [-0.2, 0) is 0 Å². The largest absolute Gasteiger partial charge is 0.495 e. The molecule has 0 unspecified atom stereocenters. The topological polar surface area (TPSA) is 65.9 Å². The number of H-pyrrole nitrogens is 1. The van der Waals surface area contributed by atoms with Crippen LogP contribution in [0, 0.1) is 11.3 Å². The molecule has 0 bridgehead atoms. The standard InChI is InChI=1S/C21H13BrN2O2S/c1-26-15-8-7-14-17(13-5-2-4-12(10-13)11-23)18(16-6-3-9-27-16)21(25)24-20(14)19(15)22/h2-10H,1H3,(H,24,25). The Hall–Kier alpha value is -2.88. The van der Waals surface area contributed by atoms with Crippen molar-refractivity contribution in [2.75, 3.05) is 7.11 Å². The molecule has 0 radical (unpaired) electrons. The van der Waals surface area contributed by atoms with Crippen LogP contribution >= 0.6 is 27.3 Å². The van der Waals surface area contributed by atoms with E-state index in [1.54, 1.807) is 13.2 Å². The lowest BCUT2D eigenvalue weighted by molar-refractivity contribution is 0.413. The molecule has 0 aliphatic heterocycles. The second-order valence-electron chi connectivity index (χ2n) is 5.88. The highest BCUT2D eigenvalue weighted by Gasteiger charge is 2.19.